The number of para-hydroxylation sites is 1. The van der Waals surface area contributed by atoms with Gasteiger partial charge in [-0.15, -0.1) is 6.58 Å². The van der Waals surface area contributed by atoms with Crippen LogP contribution >= 0.6 is 0 Å². The first-order chi connectivity index (χ1) is 21.7. The standard InChI is InChI=1S/C41H39N2O.FH/c1-2-30-26-43(27-38-34-16-8-6-14-32(34)24-33-15-7-9-17-35(33)38)23-21-31(30)25-40(43)41(44-28-29-12-4-3-5-13-29)37-20-22-42-39-19-11-10-18-36(37)39;/h2-20,22,24,30-31,40-41H,1,21,23,25-28H2;1H/q+1;/p-1/t30-,31-,40-,41+,43?;/m0./s1. The van der Waals surface area contributed by atoms with Gasteiger partial charge >= 0.3 is 0 Å². The Morgan fingerprint density at radius 3 is 2.22 bits per heavy atom. The van der Waals surface area contributed by atoms with E-state index in [-0.39, 0.29) is 10.8 Å². The molecule has 0 radical (unpaired) electrons. The van der Waals surface area contributed by atoms with Gasteiger partial charge in [0.25, 0.3) is 0 Å². The minimum absolute atomic E-state index is 0. The number of hydrogen-bond donors (Lipinski definition) is 0. The molecule has 3 fully saturated rings. The second kappa shape index (κ2) is 12.2. The maximum absolute atomic E-state index is 7.15. The fourth-order valence-electron chi connectivity index (χ4n) is 8.49. The SMILES string of the molecule is C=C[C@H]1C[N+]2(Cc3c4ccccc4cc4ccccc34)CC[C@H]1C[C@H]2[C@H](OCc1ccccc1)c1ccnc2ccccc12.[F-]. The Balaban J connectivity index is 0.00000325. The molecule has 45 heavy (non-hydrogen) atoms. The summed E-state index contributed by atoms with van der Waals surface area (Å²) in [5, 5.41) is 6.58. The Kier molecular flexibility index (Phi) is 7.95. The zero-order valence-electron chi connectivity index (χ0n) is 25.6. The molecule has 9 rings (SSSR count). The van der Waals surface area contributed by atoms with Crippen molar-refractivity contribution in [2.45, 2.75) is 38.1 Å². The Morgan fingerprint density at radius 1 is 0.822 bits per heavy atom. The van der Waals surface area contributed by atoms with Crippen molar-refractivity contribution in [1.82, 2.24) is 4.98 Å². The van der Waals surface area contributed by atoms with Crippen molar-refractivity contribution in [2.24, 2.45) is 11.8 Å². The lowest BCUT2D eigenvalue weighted by Crippen LogP contribution is -3.00. The number of aromatic nitrogens is 1. The lowest BCUT2D eigenvalue weighted by atomic mass is 9.70. The average Bonchev–Trinajstić information content (AvgIpc) is 3.09. The summed E-state index contributed by atoms with van der Waals surface area (Å²) >= 11 is 0. The minimum Gasteiger partial charge on any atom is -1.00 e. The first kappa shape index (κ1) is 29.3. The smallest absolute Gasteiger partial charge is 0.135 e. The monoisotopic (exact) mass is 594 g/mol. The zero-order chi connectivity index (χ0) is 29.5. The highest BCUT2D eigenvalue weighted by Crippen LogP contribution is 2.50. The second-order valence-corrected chi connectivity index (χ2v) is 13.0. The number of quaternary nitrogens is 1. The van der Waals surface area contributed by atoms with Gasteiger partial charge in [-0.1, -0.05) is 103 Å². The molecule has 0 saturated carbocycles. The quantitative estimate of drug-likeness (QED) is 0.115. The summed E-state index contributed by atoms with van der Waals surface area (Å²) in [6.07, 6.45) is 6.53. The van der Waals surface area contributed by atoms with E-state index in [1.807, 2.05) is 6.20 Å². The van der Waals surface area contributed by atoms with Crippen molar-refractivity contribution in [2.75, 3.05) is 13.1 Å². The molecular formula is C41H39FN2O. The van der Waals surface area contributed by atoms with Crippen molar-refractivity contribution in [3.8, 4) is 0 Å². The molecule has 226 valence electrons. The van der Waals surface area contributed by atoms with Crippen LogP contribution < -0.4 is 4.70 Å². The first-order valence-electron chi connectivity index (χ1n) is 16.1. The predicted molar refractivity (Wildman–Crippen MR) is 181 cm³/mol. The predicted octanol–water partition coefficient (Wildman–Crippen LogP) is 6.41. The van der Waals surface area contributed by atoms with Crippen molar-refractivity contribution < 1.29 is 13.9 Å². The van der Waals surface area contributed by atoms with E-state index in [4.69, 9.17) is 9.72 Å². The Bertz CT molecular complexity index is 1910. The molecule has 4 heteroatoms. The van der Waals surface area contributed by atoms with Crippen LogP contribution in [-0.2, 0) is 17.9 Å². The van der Waals surface area contributed by atoms with E-state index in [9.17, 15) is 0 Å². The van der Waals surface area contributed by atoms with Gasteiger partial charge in [-0.2, -0.15) is 0 Å². The van der Waals surface area contributed by atoms with Crippen LogP contribution in [0.15, 0.2) is 134 Å². The van der Waals surface area contributed by atoms with Crippen LogP contribution in [0, 0.1) is 11.8 Å². The fraction of sp³-hybridized carbons (Fsp3) is 0.244. The lowest BCUT2D eigenvalue weighted by molar-refractivity contribution is -0.984. The average molecular weight is 595 g/mol. The molecule has 0 N–H and O–H groups in total. The maximum atomic E-state index is 7.15. The molecule has 3 aliphatic heterocycles. The third-order valence-electron chi connectivity index (χ3n) is 10.6. The Morgan fingerprint density at radius 2 is 1.49 bits per heavy atom. The molecule has 3 nitrogen and oxygen atoms in total. The van der Waals surface area contributed by atoms with Gasteiger partial charge in [0, 0.05) is 35.9 Å². The minimum atomic E-state index is -0.0575. The number of rotatable bonds is 8. The molecule has 0 aliphatic carbocycles. The number of halogens is 1. The van der Waals surface area contributed by atoms with Crippen LogP contribution in [0.3, 0.4) is 0 Å². The van der Waals surface area contributed by atoms with Crippen LogP contribution in [-0.4, -0.2) is 28.6 Å². The van der Waals surface area contributed by atoms with Gasteiger partial charge in [0.15, 0.2) is 0 Å². The maximum Gasteiger partial charge on any atom is 0.135 e. The third-order valence-corrected chi connectivity index (χ3v) is 10.6. The van der Waals surface area contributed by atoms with Crippen LogP contribution in [0.4, 0.5) is 0 Å². The highest BCUT2D eigenvalue weighted by molar-refractivity contribution is 6.02. The molecule has 1 unspecified atom stereocenters. The topological polar surface area (TPSA) is 22.1 Å². The van der Waals surface area contributed by atoms with Crippen LogP contribution in [0.1, 0.15) is 35.6 Å². The Hall–Kier alpha value is -4.38. The molecule has 0 amide bonds. The second-order valence-electron chi connectivity index (χ2n) is 13.0. The number of pyridine rings is 1. The van der Waals surface area contributed by atoms with Gasteiger partial charge in [-0.05, 0) is 56.8 Å². The summed E-state index contributed by atoms with van der Waals surface area (Å²) in [4.78, 5) is 4.74. The largest absolute Gasteiger partial charge is 1.00 e. The number of hydrogen-bond acceptors (Lipinski definition) is 2. The van der Waals surface area contributed by atoms with E-state index in [1.165, 1.54) is 50.0 Å². The molecule has 0 spiro atoms. The first-order valence-corrected chi connectivity index (χ1v) is 16.1. The summed E-state index contributed by atoms with van der Waals surface area (Å²) < 4.78 is 8.17. The number of benzene rings is 5. The van der Waals surface area contributed by atoms with Gasteiger partial charge in [-0.25, -0.2) is 0 Å². The molecule has 4 heterocycles. The summed E-state index contributed by atoms with van der Waals surface area (Å²) in [5.41, 5.74) is 4.97. The van der Waals surface area contributed by atoms with E-state index in [1.54, 1.807) is 0 Å². The zero-order valence-corrected chi connectivity index (χ0v) is 25.6. The van der Waals surface area contributed by atoms with Gasteiger partial charge in [0.2, 0.25) is 0 Å². The van der Waals surface area contributed by atoms with Crippen LogP contribution in [0.25, 0.3) is 32.4 Å². The third kappa shape index (κ3) is 5.22. The molecular weight excluding hydrogens is 555 g/mol. The number of fused-ring (bicyclic) bond motifs is 6. The molecule has 6 aromatic rings. The normalized spacial score (nSPS) is 23.2. The summed E-state index contributed by atoms with van der Waals surface area (Å²) in [7, 11) is 0. The van der Waals surface area contributed by atoms with E-state index < -0.39 is 0 Å². The van der Waals surface area contributed by atoms with Crippen LogP contribution in [0.5, 0.6) is 0 Å². The van der Waals surface area contributed by atoms with E-state index >= 15 is 0 Å². The van der Waals surface area contributed by atoms with Crippen molar-refractivity contribution in [1.29, 1.82) is 0 Å². The summed E-state index contributed by atoms with van der Waals surface area (Å²) in [6, 6.07) is 42.0. The molecule has 5 aromatic carbocycles. The highest BCUT2D eigenvalue weighted by Gasteiger charge is 2.55. The fourth-order valence-corrected chi connectivity index (χ4v) is 8.49. The lowest BCUT2D eigenvalue weighted by Gasteiger charge is -2.58. The number of nitrogens with zero attached hydrogens (tertiary/aromatic N) is 2. The molecule has 2 bridgehead atoms. The van der Waals surface area contributed by atoms with E-state index in [0.717, 1.165) is 36.1 Å². The van der Waals surface area contributed by atoms with Crippen molar-refractivity contribution in [3.05, 3.63) is 151 Å². The summed E-state index contributed by atoms with van der Waals surface area (Å²) in [5.74, 6) is 1.16. The number of ether oxygens (including phenoxy) is 1. The van der Waals surface area contributed by atoms with E-state index in [0.29, 0.717) is 24.5 Å². The van der Waals surface area contributed by atoms with Crippen molar-refractivity contribution in [3.63, 3.8) is 0 Å². The van der Waals surface area contributed by atoms with Gasteiger partial charge < -0.3 is 13.9 Å². The summed E-state index contributed by atoms with van der Waals surface area (Å²) in [6.45, 7) is 8.17. The molecule has 5 atom stereocenters. The Labute approximate surface area is 264 Å². The van der Waals surface area contributed by atoms with E-state index in [2.05, 4.69) is 128 Å². The van der Waals surface area contributed by atoms with Gasteiger partial charge in [-0.3, -0.25) is 4.98 Å². The van der Waals surface area contributed by atoms with Crippen LogP contribution in [0.2, 0.25) is 0 Å². The van der Waals surface area contributed by atoms with Gasteiger partial charge in [0.05, 0.1) is 25.2 Å². The van der Waals surface area contributed by atoms with Crippen molar-refractivity contribution >= 4 is 32.4 Å². The number of piperidine rings is 3. The molecule has 3 saturated heterocycles. The molecule has 1 aromatic heterocycles. The van der Waals surface area contributed by atoms with Gasteiger partial charge in [0.1, 0.15) is 18.7 Å². The molecule has 3 aliphatic rings. The highest BCUT2D eigenvalue weighted by atomic mass is 19.0.